The smallest absolute Gasteiger partial charge is 0.315 e. The maximum absolute atomic E-state index is 11.9. The predicted octanol–water partition coefficient (Wildman–Crippen LogP) is 2.94. The SMILES string of the molecule is COc1ccc(Cl)cc1CNC(=O)NCC(C)(C)C[C@H](C)O. The number of benzene rings is 1. The third kappa shape index (κ3) is 6.54. The second-order valence-electron chi connectivity index (χ2n) is 6.21. The Morgan fingerprint density at radius 3 is 2.68 bits per heavy atom. The van der Waals surface area contributed by atoms with Gasteiger partial charge in [0.25, 0.3) is 0 Å². The number of halogens is 1. The molecule has 0 fully saturated rings. The molecule has 3 N–H and O–H groups in total. The Kier molecular flexibility index (Phi) is 6.97. The highest BCUT2D eigenvalue weighted by atomic mass is 35.5. The van der Waals surface area contributed by atoms with Crippen LogP contribution in [0.4, 0.5) is 4.79 Å². The van der Waals surface area contributed by atoms with Crippen molar-refractivity contribution in [1.82, 2.24) is 10.6 Å². The van der Waals surface area contributed by atoms with E-state index in [1.54, 1.807) is 32.2 Å². The highest BCUT2D eigenvalue weighted by Gasteiger charge is 2.21. The number of urea groups is 1. The van der Waals surface area contributed by atoms with Gasteiger partial charge in [0.1, 0.15) is 5.75 Å². The van der Waals surface area contributed by atoms with Gasteiger partial charge in [-0.15, -0.1) is 0 Å². The summed E-state index contributed by atoms with van der Waals surface area (Å²) in [4.78, 5) is 11.9. The fourth-order valence-corrected chi connectivity index (χ4v) is 2.51. The fraction of sp³-hybridized carbons (Fsp3) is 0.562. The van der Waals surface area contributed by atoms with Crippen LogP contribution in [0.1, 0.15) is 32.8 Å². The lowest BCUT2D eigenvalue weighted by Gasteiger charge is -2.26. The largest absolute Gasteiger partial charge is 0.496 e. The van der Waals surface area contributed by atoms with Gasteiger partial charge in [0.05, 0.1) is 13.2 Å². The van der Waals surface area contributed by atoms with E-state index in [1.165, 1.54) is 0 Å². The molecule has 0 spiro atoms. The van der Waals surface area contributed by atoms with Crippen LogP contribution in [0, 0.1) is 5.41 Å². The van der Waals surface area contributed by atoms with Crippen molar-refractivity contribution in [1.29, 1.82) is 0 Å². The lowest BCUT2D eigenvalue weighted by Crippen LogP contribution is -2.41. The molecule has 0 bridgehead atoms. The summed E-state index contributed by atoms with van der Waals surface area (Å²) in [5.41, 5.74) is 0.646. The molecule has 1 aromatic carbocycles. The molecular formula is C16H25ClN2O3. The van der Waals surface area contributed by atoms with E-state index in [2.05, 4.69) is 10.6 Å². The lowest BCUT2D eigenvalue weighted by atomic mass is 9.87. The van der Waals surface area contributed by atoms with Gasteiger partial charge in [-0.05, 0) is 37.0 Å². The molecule has 22 heavy (non-hydrogen) atoms. The fourth-order valence-electron chi connectivity index (χ4n) is 2.31. The van der Waals surface area contributed by atoms with Crippen LogP contribution >= 0.6 is 11.6 Å². The van der Waals surface area contributed by atoms with E-state index in [-0.39, 0.29) is 11.4 Å². The van der Waals surface area contributed by atoms with Gasteiger partial charge < -0.3 is 20.5 Å². The molecule has 0 aromatic heterocycles. The minimum atomic E-state index is -0.393. The number of rotatable bonds is 7. The van der Waals surface area contributed by atoms with Gasteiger partial charge in [-0.1, -0.05) is 25.4 Å². The number of aliphatic hydroxyl groups excluding tert-OH is 1. The van der Waals surface area contributed by atoms with Crippen LogP contribution < -0.4 is 15.4 Å². The van der Waals surface area contributed by atoms with Gasteiger partial charge in [0.15, 0.2) is 0 Å². The van der Waals surface area contributed by atoms with Crippen molar-refractivity contribution >= 4 is 17.6 Å². The van der Waals surface area contributed by atoms with Crippen LogP contribution in [-0.4, -0.2) is 30.9 Å². The molecule has 1 atom stereocenters. The molecule has 0 heterocycles. The van der Waals surface area contributed by atoms with E-state index in [1.807, 2.05) is 13.8 Å². The minimum absolute atomic E-state index is 0.167. The second-order valence-corrected chi connectivity index (χ2v) is 6.65. The molecule has 124 valence electrons. The third-order valence-electron chi connectivity index (χ3n) is 3.26. The first-order chi connectivity index (χ1) is 10.2. The average molecular weight is 329 g/mol. The maximum Gasteiger partial charge on any atom is 0.315 e. The second kappa shape index (κ2) is 8.25. The van der Waals surface area contributed by atoms with Crippen molar-refractivity contribution in [3.05, 3.63) is 28.8 Å². The molecule has 0 radical (unpaired) electrons. The molecule has 5 nitrogen and oxygen atoms in total. The number of hydrogen-bond donors (Lipinski definition) is 3. The van der Waals surface area contributed by atoms with E-state index in [9.17, 15) is 9.90 Å². The lowest BCUT2D eigenvalue weighted by molar-refractivity contribution is 0.129. The van der Waals surface area contributed by atoms with Crippen LogP contribution in [-0.2, 0) is 6.54 Å². The van der Waals surface area contributed by atoms with Crippen molar-refractivity contribution in [2.24, 2.45) is 5.41 Å². The van der Waals surface area contributed by atoms with Gasteiger partial charge in [0, 0.05) is 23.7 Å². The van der Waals surface area contributed by atoms with E-state index in [4.69, 9.17) is 16.3 Å². The summed E-state index contributed by atoms with van der Waals surface area (Å²) in [6.45, 7) is 6.55. The number of ether oxygens (including phenoxy) is 1. The Hall–Kier alpha value is -1.46. The highest BCUT2D eigenvalue weighted by molar-refractivity contribution is 6.30. The van der Waals surface area contributed by atoms with Crippen LogP contribution in [0.15, 0.2) is 18.2 Å². The Bertz CT molecular complexity index is 504. The molecule has 0 saturated carbocycles. The summed E-state index contributed by atoms with van der Waals surface area (Å²) in [6.07, 6.45) is 0.227. The molecule has 0 aliphatic carbocycles. The van der Waals surface area contributed by atoms with E-state index >= 15 is 0 Å². The van der Waals surface area contributed by atoms with Gasteiger partial charge in [-0.25, -0.2) is 4.79 Å². The van der Waals surface area contributed by atoms with Crippen molar-refractivity contribution < 1.29 is 14.6 Å². The number of carbonyl (C=O) groups is 1. The van der Waals surface area contributed by atoms with Gasteiger partial charge in [-0.3, -0.25) is 0 Å². The minimum Gasteiger partial charge on any atom is -0.496 e. The monoisotopic (exact) mass is 328 g/mol. The Labute approximate surface area is 137 Å². The first kappa shape index (κ1) is 18.6. The van der Waals surface area contributed by atoms with Gasteiger partial charge in [0.2, 0.25) is 0 Å². The number of aliphatic hydroxyl groups is 1. The molecule has 1 rings (SSSR count). The van der Waals surface area contributed by atoms with Crippen molar-refractivity contribution in [3.63, 3.8) is 0 Å². The van der Waals surface area contributed by atoms with Crippen LogP contribution in [0.5, 0.6) is 5.75 Å². The number of methoxy groups -OCH3 is 1. The van der Waals surface area contributed by atoms with Crippen molar-refractivity contribution in [2.45, 2.75) is 39.8 Å². The summed E-state index contributed by atoms with van der Waals surface area (Å²) < 4.78 is 5.23. The van der Waals surface area contributed by atoms with E-state index in [0.29, 0.717) is 30.3 Å². The zero-order valence-electron chi connectivity index (χ0n) is 13.6. The summed E-state index contributed by atoms with van der Waals surface area (Å²) in [7, 11) is 1.57. The normalized spacial score (nSPS) is 12.6. The summed E-state index contributed by atoms with van der Waals surface area (Å²) in [6, 6.07) is 5.00. The zero-order valence-corrected chi connectivity index (χ0v) is 14.3. The predicted molar refractivity (Wildman–Crippen MR) is 88.3 cm³/mol. The molecular weight excluding hydrogens is 304 g/mol. The Morgan fingerprint density at radius 1 is 1.41 bits per heavy atom. The number of nitrogens with one attached hydrogen (secondary N) is 2. The van der Waals surface area contributed by atoms with Crippen molar-refractivity contribution in [3.8, 4) is 5.75 Å². The van der Waals surface area contributed by atoms with Crippen molar-refractivity contribution in [2.75, 3.05) is 13.7 Å². The van der Waals surface area contributed by atoms with Crippen LogP contribution in [0.3, 0.4) is 0 Å². The summed E-state index contributed by atoms with van der Waals surface area (Å²) >= 11 is 5.95. The van der Waals surface area contributed by atoms with E-state index in [0.717, 1.165) is 5.56 Å². The zero-order chi connectivity index (χ0) is 16.8. The Balaban J connectivity index is 2.48. The molecule has 0 aliphatic heterocycles. The number of hydrogen-bond acceptors (Lipinski definition) is 3. The Morgan fingerprint density at radius 2 is 2.09 bits per heavy atom. The molecule has 0 unspecified atom stereocenters. The molecule has 2 amide bonds. The topological polar surface area (TPSA) is 70.6 Å². The standard InChI is InChI=1S/C16H25ClN2O3/c1-11(20)8-16(2,3)10-19-15(21)18-9-12-7-13(17)5-6-14(12)22-4/h5-7,11,20H,8-10H2,1-4H3,(H2,18,19,21)/t11-/m0/s1. The molecule has 0 aliphatic rings. The third-order valence-corrected chi connectivity index (χ3v) is 3.49. The highest BCUT2D eigenvalue weighted by Crippen LogP contribution is 2.23. The summed E-state index contributed by atoms with van der Waals surface area (Å²) in [5.74, 6) is 0.680. The van der Waals surface area contributed by atoms with Gasteiger partial charge >= 0.3 is 6.03 Å². The van der Waals surface area contributed by atoms with Crippen LogP contribution in [0.25, 0.3) is 0 Å². The van der Waals surface area contributed by atoms with Crippen LogP contribution in [0.2, 0.25) is 5.02 Å². The maximum atomic E-state index is 11.9. The van der Waals surface area contributed by atoms with E-state index < -0.39 is 6.10 Å². The number of carbonyl (C=O) groups excluding carboxylic acids is 1. The van der Waals surface area contributed by atoms with Gasteiger partial charge in [-0.2, -0.15) is 0 Å². The molecule has 0 saturated heterocycles. The quantitative estimate of drug-likeness (QED) is 0.720. The first-order valence-corrected chi connectivity index (χ1v) is 7.63. The molecule has 6 heteroatoms. The molecule has 1 aromatic rings. The summed E-state index contributed by atoms with van der Waals surface area (Å²) in [5, 5.41) is 15.6. The number of amides is 2. The average Bonchev–Trinajstić information content (AvgIpc) is 2.42. The first-order valence-electron chi connectivity index (χ1n) is 7.26.